The molecule has 1 saturated heterocycles. The predicted molar refractivity (Wildman–Crippen MR) is 125 cm³/mol. The van der Waals surface area contributed by atoms with Gasteiger partial charge in [0.25, 0.3) is 0 Å². The van der Waals surface area contributed by atoms with Crippen molar-refractivity contribution in [1.82, 2.24) is 24.4 Å². The number of pyridine rings is 2. The minimum absolute atomic E-state index is 0.186. The molecule has 4 aromatic rings. The number of aromatic amines is 1. The Hall–Kier alpha value is -3.46. The zero-order valence-electron chi connectivity index (χ0n) is 18.7. The second-order valence-electron chi connectivity index (χ2n) is 8.35. The van der Waals surface area contributed by atoms with Crippen LogP contribution in [0.2, 0.25) is 0 Å². The Morgan fingerprint density at radius 1 is 1.24 bits per heavy atom. The van der Waals surface area contributed by atoms with E-state index in [9.17, 15) is 9.18 Å². The van der Waals surface area contributed by atoms with Crippen LogP contribution in [0.3, 0.4) is 0 Å². The summed E-state index contributed by atoms with van der Waals surface area (Å²) in [6, 6.07) is 7.59. The number of imidazole rings is 1. The Bertz CT molecular complexity index is 1350. The van der Waals surface area contributed by atoms with Crippen LogP contribution in [0.5, 0.6) is 11.6 Å². The van der Waals surface area contributed by atoms with Crippen molar-refractivity contribution in [1.29, 1.82) is 0 Å². The Morgan fingerprint density at radius 3 is 2.85 bits per heavy atom. The highest BCUT2D eigenvalue weighted by atomic mass is 19.1. The van der Waals surface area contributed by atoms with Crippen molar-refractivity contribution in [3.63, 3.8) is 0 Å². The molecule has 0 spiro atoms. The lowest BCUT2D eigenvalue weighted by Crippen LogP contribution is -2.23. The van der Waals surface area contributed by atoms with E-state index in [1.54, 1.807) is 31.1 Å². The van der Waals surface area contributed by atoms with Crippen LogP contribution in [-0.2, 0) is 7.05 Å². The Balaban J connectivity index is 1.36. The average molecular weight is 452 g/mol. The van der Waals surface area contributed by atoms with Gasteiger partial charge in [0.2, 0.25) is 5.88 Å². The van der Waals surface area contributed by atoms with Gasteiger partial charge in [0.1, 0.15) is 11.9 Å². The lowest BCUT2D eigenvalue weighted by atomic mass is 10.0. The molecule has 1 aliphatic heterocycles. The highest BCUT2D eigenvalue weighted by molar-refractivity contribution is 6.04. The Kier molecular flexibility index (Phi) is 5.72. The lowest BCUT2D eigenvalue weighted by Gasteiger charge is -2.14. The molecule has 0 aliphatic carbocycles. The van der Waals surface area contributed by atoms with Gasteiger partial charge in [-0.05, 0) is 25.0 Å². The number of alkyl halides is 1. The third-order valence-corrected chi connectivity index (χ3v) is 6.20. The van der Waals surface area contributed by atoms with Gasteiger partial charge in [-0.3, -0.25) is 9.55 Å². The fraction of sp³-hybridized carbons (Fsp3) is 0.375. The number of fused-ring (bicyclic) bond motifs is 3. The van der Waals surface area contributed by atoms with Crippen LogP contribution in [0, 0.1) is 0 Å². The molecule has 9 heteroatoms. The number of benzene rings is 1. The number of hydrogen-bond donors (Lipinski definition) is 1. The molecule has 0 unspecified atom stereocenters. The first-order chi connectivity index (χ1) is 16.0. The van der Waals surface area contributed by atoms with E-state index in [2.05, 4.69) is 19.9 Å². The molecule has 1 N–H and O–H groups in total. The van der Waals surface area contributed by atoms with Gasteiger partial charge in [0.15, 0.2) is 0 Å². The summed E-state index contributed by atoms with van der Waals surface area (Å²) in [5.41, 5.74) is 3.73. The Morgan fingerprint density at radius 2 is 2.12 bits per heavy atom. The molecule has 0 radical (unpaired) electrons. The minimum Gasteiger partial charge on any atom is -0.496 e. The van der Waals surface area contributed by atoms with Crippen molar-refractivity contribution in [3.8, 4) is 22.8 Å². The number of aromatic nitrogens is 4. The normalized spacial score (nSPS) is 16.6. The molecule has 8 nitrogen and oxygen atoms in total. The molecule has 0 amide bonds. The number of rotatable bonds is 7. The molecule has 4 heterocycles. The maximum Gasteiger partial charge on any atom is 0.326 e. The molecule has 1 aromatic carbocycles. The summed E-state index contributed by atoms with van der Waals surface area (Å²) < 4.78 is 26.2. The van der Waals surface area contributed by atoms with Crippen LogP contribution in [0.4, 0.5) is 4.39 Å². The van der Waals surface area contributed by atoms with Crippen molar-refractivity contribution in [2.45, 2.75) is 19.0 Å². The predicted octanol–water partition coefficient (Wildman–Crippen LogP) is 3.30. The first kappa shape index (κ1) is 21.4. The van der Waals surface area contributed by atoms with Crippen LogP contribution in [0.15, 0.2) is 41.5 Å². The number of halogens is 1. The van der Waals surface area contributed by atoms with Crippen molar-refractivity contribution in [2.24, 2.45) is 7.05 Å². The molecule has 5 rings (SSSR count). The summed E-state index contributed by atoms with van der Waals surface area (Å²) in [6.07, 6.45) is 4.19. The quantitative estimate of drug-likeness (QED) is 0.434. The van der Waals surface area contributed by atoms with E-state index in [1.165, 1.54) is 0 Å². The van der Waals surface area contributed by atoms with E-state index < -0.39 is 6.17 Å². The third kappa shape index (κ3) is 4.16. The maximum absolute atomic E-state index is 13.2. The van der Waals surface area contributed by atoms with Gasteiger partial charge in [-0.2, -0.15) is 0 Å². The fourth-order valence-corrected chi connectivity index (χ4v) is 4.37. The number of nitrogens with zero attached hydrogens (tertiary/aromatic N) is 4. The van der Waals surface area contributed by atoms with E-state index >= 15 is 0 Å². The topological polar surface area (TPSA) is 85.3 Å². The Labute approximate surface area is 190 Å². The van der Waals surface area contributed by atoms with E-state index in [1.807, 2.05) is 24.3 Å². The van der Waals surface area contributed by atoms with E-state index in [4.69, 9.17) is 9.47 Å². The average Bonchev–Trinajstić information content (AvgIpc) is 3.38. The van der Waals surface area contributed by atoms with Crippen molar-refractivity contribution < 1.29 is 13.9 Å². The monoisotopic (exact) mass is 451 g/mol. The largest absolute Gasteiger partial charge is 0.496 e. The van der Waals surface area contributed by atoms with Crippen LogP contribution >= 0.6 is 0 Å². The second kappa shape index (κ2) is 8.82. The van der Waals surface area contributed by atoms with Gasteiger partial charge < -0.3 is 19.4 Å². The molecule has 172 valence electrons. The highest BCUT2D eigenvalue weighted by Gasteiger charge is 2.20. The van der Waals surface area contributed by atoms with Gasteiger partial charge in [-0.15, -0.1) is 0 Å². The smallest absolute Gasteiger partial charge is 0.326 e. The molecular formula is C24H26FN5O3. The molecule has 1 aliphatic rings. The number of aryl methyl sites for hydroxylation is 1. The summed E-state index contributed by atoms with van der Waals surface area (Å²) >= 11 is 0. The SMILES string of the molecule is COc1cc2ncc3c([nH]c(=O)n3C)c2cc1-c1ccc(OCCCN2CC[C@@H](F)C2)nc1. The molecule has 1 atom stereocenters. The van der Waals surface area contributed by atoms with Crippen molar-refractivity contribution >= 4 is 21.9 Å². The first-order valence-electron chi connectivity index (χ1n) is 11.0. The summed E-state index contributed by atoms with van der Waals surface area (Å²) in [6.45, 7) is 2.71. The first-order valence-corrected chi connectivity index (χ1v) is 11.0. The minimum atomic E-state index is -0.693. The zero-order chi connectivity index (χ0) is 22.9. The zero-order valence-corrected chi connectivity index (χ0v) is 18.7. The molecule has 3 aromatic heterocycles. The fourth-order valence-electron chi connectivity index (χ4n) is 4.37. The number of likely N-dealkylation sites (tertiary alicyclic amines) is 1. The van der Waals surface area contributed by atoms with Crippen molar-refractivity contribution in [3.05, 3.63) is 47.1 Å². The summed E-state index contributed by atoms with van der Waals surface area (Å²) in [7, 11) is 3.33. The second-order valence-corrected chi connectivity index (χ2v) is 8.35. The van der Waals surface area contributed by atoms with Crippen LogP contribution in [-0.4, -0.2) is 63.9 Å². The maximum atomic E-state index is 13.2. The number of methoxy groups -OCH3 is 1. The standard InChI is InChI=1S/C24H26FN5O3/c1-29-20-13-26-19-11-21(32-2)17(10-18(19)23(20)28-24(29)31)15-4-5-22(27-12-15)33-9-3-7-30-8-6-16(25)14-30/h4-5,10-13,16H,3,6-9,14H2,1-2H3,(H,28,31)/t16-/m1/s1. The highest BCUT2D eigenvalue weighted by Crippen LogP contribution is 2.35. The van der Waals surface area contributed by atoms with Gasteiger partial charge in [0.05, 0.1) is 36.5 Å². The summed E-state index contributed by atoms with van der Waals surface area (Å²) in [4.78, 5) is 26.1. The van der Waals surface area contributed by atoms with Gasteiger partial charge >= 0.3 is 5.69 Å². The lowest BCUT2D eigenvalue weighted by molar-refractivity contribution is 0.244. The van der Waals surface area contributed by atoms with Crippen molar-refractivity contribution in [2.75, 3.05) is 33.4 Å². The molecule has 0 saturated carbocycles. The number of nitrogens with one attached hydrogen (secondary N) is 1. The van der Waals surface area contributed by atoms with Crippen LogP contribution < -0.4 is 15.2 Å². The summed E-state index contributed by atoms with van der Waals surface area (Å²) in [5.74, 6) is 1.21. The van der Waals surface area contributed by atoms with Gasteiger partial charge in [-0.25, -0.2) is 14.2 Å². The third-order valence-electron chi connectivity index (χ3n) is 6.20. The number of H-pyrrole nitrogens is 1. The molecule has 0 bridgehead atoms. The van der Waals surface area contributed by atoms with E-state index in [-0.39, 0.29) is 5.69 Å². The van der Waals surface area contributed by atoms with Gasteiger partial charge in [0, 0.05) is 61.5 Å². The van der Waals surface area contributed by atoms with E-state index in [0.29, 0.717) is 31.2 Å². The van der Waals surface area contributed by atoms with Crippen LogP contribution in [0.25, 0.3) is 33.1 Å². The summed E-state index contributed by atoms with van der Waals surface area (Å²) in [5, 5.41) is 0.832. The molecule has 33 heavy (non-hydrogen) atoms. The molecule has 1 fully saturated rings. The molecular weight excluding hydrogens is 425 g/mol. The van der Waals surface area contributed by atoms with E-state index in [0.717, 1.165) is 52.6 Å². The number of hydrogen-bond acceptors (Lipinski definition) is 6. The number of ether oxygens (including phenoxy) is 2. The van der Waals surface area contributed by atoms with Gasteiger partial charge in [-0.1, -0.05) is 0 Å². The van der Waals surface area contributed by atoms with Crippen LogP contribution in [0.1, 0.15) is 12.8 Å².